The highest BCUT2D eigenvalue weighted by Crippen LogP contribution is 2.02. The highest BCUT2D eigenvalue weighted by molar-refractivity contribution is 5.47. The number of nitriles is 1. The van der Waals surface area contributed by atoms with Gasteiger partial charge >= 0.3 is 0 Å². The third-order valence-electron chi connectivity index (χ3n) is 2.55. The topological polar surface area (TPSA) is 49.6 Å². The van der Waals surface area contributed by atoms with Gasteiger partial charge in [-0.15, -0.1) is 0 Å². The highest BCUT2D eigenvalue weighted by Gasteiger charge is 1.92. The Morgan fingerprint density at radius 2 is 1.70 bits per heavy atom. The molecule has 0 saturated carbocycles. The Bertz CT molecular complexity index is 693. The number of benzene rings is 1. The van der Waals surface area contributed by atoms with E-state index in [0.717, 1.165) is 17.5 Å². The van der Waals surface area contributed by atoms with Crippen LogP contribution in [0.5, 0.6) is 0 Å². The van der Waals surface area contributed by atoms with Gasteiger partial charge in [-0.25, -0.2) is 9.97 Å². The summed E-state index contributed by atoms with van der Waals surface area (Å²) in [5.74, 6) is 6.36. The molecule has 3 nitrogen and oxygen atoms in total. The molecule has 0 atom stereocenters. The van der Waals surface area contributed by atoms with Crippen LogP contribution in [-0.2, 0) is 0 Å². The lowest BCUT2D eigenvalue weighted by Crippen LogP contribution is -1.88. The van der Waals surface area contributed by atoms with E-state index in [9.17, 15) is 0 Å². The van der Waals surface area contributed by atoms with Crippen molar-refractivity contribution in [3.63, 3.8) is 0 Å². The van der Waals surface area contributed by atoms with E-state index in [4.69, 9.17) is 5.26 Å². The molecule has 1 aromatic carbocycles. The van der Waals surface area contributed by atoms with Gasteiger partial charge in [0, 0.05) is 23.5 Å². The molecule has 2 rings (SSSR count). The predicted molar refractivity (Wildman–Crippen MR) is 78.5 cm³/mol. The quantitative estimate of drug-likeness (QED) is 0.778. The summed E-state index contributed by atoms with van der Waals surface area (Å²) in [4.78, 5) is 8.38. The van der Waals surface area contributed by atoms with E-state index in [1.165, 1.54) is 0 Å². The van der Waals surface area contributed by atoms with Crippen LogP contribution in [-0.4, -0.2) is 9.97 Å². The summed E-state index contributed by atoms with van der Waals surface area (Å²) in [6, 6.07) is 9.17. The van der Waals surface area contributed by atoms with Crippen molar-refractivity contribution in [2.45, 2.75) is 13.3 Å². The molecule has 20 heavy (non-hydrogen) atoms. The molecule has 0 aliphatic rings. The maximum atomic E-state index is 8.71. The Kier molecular flexibility index (Phi) is 4.65. The van der Waals surface area contributed by atoms with Crippen LogP contribution in [0.4, 0.5) is 0 Å². The first kappa shape index (κ1) is 13.5. The zero-order chi connectivity index (χ0) is 14.2. The maximum Gasteiger partial charge on any atom is 0.205 e. The van der Waals surface area contributed by atoms with Gasteiger partial charge in [-0.05, 0) is 36.6 Å². The average molecular weight is 259 g/mol. The Hall–Kier alpha value is -2.91. The van der Waals surface area contributed by atoms with Crippen molar-refractivity contribution < 1.29 is 0 Å². The second kappa shape index (κ2) is 6.87. The molecule has 0 spiro atoms. The molecule has 0 aliphatic heterocycles. The van der Waals surface area contributed by atoms with Crippen molar-refractivity contribution in [3.05, 3.63) is 65.2 Å². The molecule has 0 N–H and O–H groups in total. The SMILES string of the molecule is CC/C=C/c1cnc(C#Cc2ccc(C#N)cc2)nc1. The van der Waals surface area contributed by atoms with Crippen molar-refractivity contribution in [3.8, 4) is 17.9 Å². The smallest absolute Gasteiger partial charge is 0.205 e. The van der Waals surface area contributed by atoms with Crippen molar-refractivity contribution in [2.24, 2.45) is 0 Å². The fraction of sp³-hybridized carbons (Fsp3) is 0.118. The van der Waals surface area contributed by atoms with Gasteiger partial charge in [0.25, 0.3) is 0 Å². The molecule has 1 aromatic heterocycles. The van der Waals surface area contributed by atoms with Crippen molar-refractivity contribution in [1.29, 1.82) is 5.26 Å². The number of hydrogen-bond acceptors (Lipinski definition) is 3. The average Bonchev–Trinajstić information content (AvgIpc) is 2.52. The highest BCUT2D eigenvalue weighted by atomic mass is 14.8. The van der Waals surface area contributed by atoms with E-state index >= 15 is 0 Å². The van der Waals surface area contributed by atoms with Crippen LogP contribution in [0.25, 0.3) is 6.08 Å². The van der Waals surface area contributed by atoms with Gasteiger partial charge in [0.1, 0.15) is 0 Å². The molecular weight excluding hydrogens is 246 g/mol. The summed E-state index contributed by atoms with van der Waals surface area (Å²) in [5, 5.41) is 8.71. The normalized spacial score (nSPS) is 9.80. The van der Waals surface area contributed by atoms with E-state index in [1.54, 1.807) is 24.5 Å². The van der Waals surface area contributed by atoms with E-state index in [2.05, 4.69) is 40.9 Å². The minimum atomic E-state index is 0.489. The number of hydrogen-bond donors (Lipinski definition) is 0. The molecule has 0 bridgehead atoms. The van der Waals surface area contributed by atoms with Gasteiger partial charge in [0.2, 0.25) is 5.82 Å². The first-order chi connectivity index (χ1) is 9.81. The van der Waals surface area contributed by atoms with Crippen LogP contribution >= 0.6 is 0 Å². The molecule has 0 unspecified atom stereocenters. The van der Waals surface area contributed by atoms with E-state index in [-0.39, 0.29) is 0 Å². The summed E-state index contributed by atoms with van der Waals surface area (Å²) < 4.78 is 0. The van der Waals surface area contributed by atoms with Crippen molar-refractivity contribution in [2.75, 3.05) is 0 Å². The van der Waals surface area contributed by atoms with Gasteiger partial charge in [0.05, 0.1) is 11.6 Å². The van der Waals surface area contributed by atoms with E-state index < -0.39 is 0 Å². The predicted octanol–water partition coefficient (Wildman–Crippen LogP) is 3.17. The fourth-order valence-electron chi connectivity index (χ4n) is 1.50. The zero-order valence-electron chi connectivity index (χ0n) is 11.2. The summed E-state index contributed by atoms with van der Waals surface area (Å²) in [5.41, 5.74) is 2.43. The van der Waals surface area contributed by atoms with Crippen molar-refractivity contribution >= 4 is 6.08 Å². The molecule has 0 fully saturated rings. The molecule has 2 aromatic rings. The second-order valence-electron chi connectivity index (χ2n) is 4.09. The molecule has 96 valence electrons. The summed E-state index contributed by atoms with van der Waals surface area (Å²) in [6.45, 7) is 2.08. The second-order valence-corrected chi connectivity index (χ2v) is 4.09. The van der Waals surface area contributed by atoms with E-state index in [0.29, 0.717) is 11.4 Å². The first-order valence-corrected chi connectivity index (χ1v) is 6.32. The standard InChI is InChI=1S/C17H13N3/c1-2-3-4-16-12-19-17(20-13-16)10-9-14-5-7-15(11-18)8-6-14/h3-8,12-13H,2H2,1H3/b4-3+. The Balaban J connectivity index is 2.12. The van der Waals surface area contributed by atoms with Crippen LogP contribution in [0.1, 0.15) is 35.9 Å². The number of rotatable bonds is 2. The van der Waals surface area contributed by atoms with Crippen LogP contribution in [0.3, 0.4) is 0 Å². The largest absolute Gasteiger partial charge is 0.229 e. The Morgan fingerprint density at radius 3 is 2.30 bits per heavy atom. The molecule has 0 saturated heterocycles. The molecule has 0 aliphatic carbocycles. The van der Waals surface area contributed by atoms with E-state index in [1.807, 2.05) is 18.2 Å². The third-order valence-corrected chi connectivity index (χ3v) is 2.55. The number of allylic oxidation sites excluding steroid dienone is 1. The van der Waals surface area contributed by atoms with Crippen molar-refractivity contribution in [1.82, 2.24) is 9.97 Å². The minimum absolute atomic E-state index is 0.489. The molecular formula is C17H13N3. The Morgan fingerprint density at radius 1 is 1.05 bits per heavy atom. The number of aromatic nitrogens is 2. The van der Waals surface area contributed by atoms with Gasteiger partial charge in [-0.1, -0.05) is 25.0 Å². The van der Waals surface area contributed by atoms with Crippen LogP contribution < -0.4 is 0 Å². The van der Waals surface area contributed by atoms with Gasteiger partial charge in [0.15, 0.2) is 0 Å². The minimum Gasteiger partial charge on any atom is -0.229 e. The summed E-state index contributed by atoms with van der Waals surface area (Å²) in [7, 11) is 0. The summed E-state index contributed by atoms with van der Waals surface area (Å²) >= 11 is 0. The maximum absolute atomic E-state index is 8.71. The zero-order valence-corrected chi connectivity index (χ0v) is 11.2. The molecule has 3 heteroatoms. The van der Waals surface area contributed by atoms with Crippen LogP contribution in [0.15, 0.2) is 42.7 Å². The number of nitrogens with zero attached hydrogens (tertiary/aromatic N) is 3. The van der Waals surface area contributed by atoms with Gasteiger partial charge in [-0.2, -0.15) is 5.26 Å². The summed E-state index contributed by atoms with van der Waals surface area (Å²) in [6.07, 6.45) is 8.53. The molecule has 0 amide bonds. The molecule has 1 heterocycles. The lowest BCUT2D eigenvalue weighted by molar-refractivity contribution is 1.12. The third kappa shape index (κ3) is 3.80. The fourth-order valence-corrected chi connectivity index (χ4v) is 1.50. The van der Waals surface area contributed by atoms with Crippen LogP contribution in [0.2, 0.25) is 0 Å². The monoisotopic (exact) mass is 259 g/mol. The lowest BCUT2D eigenvalue weighted by Gasteiger charge is -1.93. The lowest BCUT2D eigenvalue weighted by atomic mass is 10.1. The van der Waals surface area contributed by atoms with Gasteiger partial charge < -0.3 is 0 Å². The first-order valence-electron chi connectivity index (χ1n) is 6.32. The van der Waals surface area contributed by atoms with Gasteiger partial charge in [-0.3, -0.25) is 0 Å². The molecule has 0 radical (unpaired) electrons. The Labute approximate surface area is 118 Å². The van der Waals surface area contributed by atoms with Crippen LogP contribution in [0, 0.1) is 23.2 Å².